The van der Waals surface area contributed by atoms with Crippen LogP contribution in [0.3, 0.4) is 0 Å². The third-order valence-electron chi connectivity index (χ3n) is 3.90. The molecule has 1 fully saturated rings. The van der Waals surface area contributed by atoms with Gasteiger partial charge in [0.25, 0.3) is 0 Å². The second-order valence-corrected chi connectivity index (χ2v) is 6.69. The molecule has 0 amide bonds. The lowest BCUT2D eigenvalue weighted by Crippen LogP contribution is -2.02. The molecule has 1 aliphatic rings. The zero-order valence-corrected chi connectivity index (χ0v) is 12.9. The van der Waals surface area contributed by atoms with Crippen LogP contribution in [-0.4, -0.2) is 0 Å². The van der Waals surface area contributed by atoms with E-state index in [1.165, 1.54) is 46.8 Å². The molecular weight excluding hydrogens is 296 g/mol. The molecule has 1 aromatic rings. The van der Waals surface area contributed by atoms with Crippen molar-refractivity contribution in [3.05, 3.63) is 33.3 Å². The molecule has 0 nitrogen and oxygen atoms in total. The topological polar surface area (TPSA) is 0 Å². The van der Waals surface area contributed by atoms with Crippen molar-refractivity contribution < 1.29 is 0 Å². The van der Waals surface area contributed by atoms with Crippen LogP contribution in [0.4, 0.5) is 0 Å². The predicted octanol–water partition coefficient (Wildman–Crippen LogP) is 5.93. The van der Waals surface area contributed by atoms with Crippen molar-refractivity contribution in [1.82, 2.24) is 0 Å². The number of benzene rings is 1. The maximum absolute atomic E-state index is 6.60. The van der Waals surface area contributed by atoms with Crippen molar-refractivity contribution in [3.63, 3.8) is 0 Å². The van der Waals surface area contributed by atoms with Gasteiger partial charge in [-0.05, 0) is 48.9 Å². The van der Waals surface area contributed by atoms with Gasteiger partial charge in [0.05, 0.1) is 5.38 Å². The summed E-state index contributed by atoms with van der Waals surface area (Å²) >= 11 is 10.2. The van der Waals surface area contributed by atoms with Gasteiger partial charge >= 0.3 is 0 Å². The molecule has 0 N–H and O–H groups in total. The maximum Gasteiger partial charge on any atom is 0.0590 e. The summed E-state index contributed by atoms with van der Waals surface area (Å²) in [6, 6.07) is 4.43. The highest BCUT2D eigenvalue weighted by Crippen LogP contribution is 2.38. The van der Waals surface area contributed by atoms with Crippen molar-refractivity contribution in [3.8, 4) is 0 Å². The highest BCUT2D eigenvalue weighted by atomic mass is 79.9. The molecule has 2 rings (SSSR count). The SMILES string of the molecule is Cc1cc(C(Cl)CC2CCCC2)c(C)cc1Br. The Labute approximate surface area is 118 Å². The van der Waals surface area contributed by atoms with E-state index < -0.39 is 0 Å². The van der Waals surface area contributed by atoms with E-state index in [1.807, 2.05) is 0 Å². The molecule has 1 unspecified atom stereocenters. The number of rotatable bonds is 3. The molecule has 0 radical (unpaired) electrons. The predicted molar refractivity (Wildman–Crippen MR) is 78.8 cm³/mol. The van der Waals surface area contributed by atoms with E-state index in [4.69, 9.17) is 11.6 Å². The van der Waals surface area contributed by atoms with Gasteiger partial charge in [0.1, 0.15) is 0 Å². The summed E-state index contributed by atoms with van der Waals surface area (Å²) < 4.78 is 1.18. The highest BCUT2D eigenvalue weighted by molar-refractivity contribution is 9.10. The molecular formula is C15H20BrCl. The first-order valence-electron chi connectivity index (χ1n) is 6.48. The van der Waals surface area contributed by atoms with Crippen molar-refractivity contribution in [2.75, 3.05) is 0 Å². The molecule has 0 bridgehead atoms. The summed E-state index contributed by atoms with van der Waals surface area (Å²) in [6.45, 7) is 4.29. The Morgan fingerprint density at radius 3 is 2.53 bits per heavy atom. The van der Waals surface area contributed by atoms with Gasteiger partial charge in [-0.3, -0.25) is 0 Å². The smallest absolute Gasteiger partial charge is 0.0590 e. The van der Waals surface area contributed by atoms with Crippen LogP contribution in [0, 0.1) is 19.8 Å². The van der Waals surface area contributed by atoms with Crippen LogP contribution in [0.2, 0.25) is 0 Å². The quantitative estimate of drug-likeness (QED) is 0.607. The Hall–Kier alpha value is -0.0100. The average Bonchev–Trinajstić information content (AvgIpc) is 2.76. The normalized spacial score (nSPS) is 18.6. The standard InChI is InChI=1S/C15H20BrCl/c1-10-8-14(16)11(2)7-13(10)15(17)9-12-5-3-4-6-12/h7-8,12,15H,3-6,9H2,1-2H3. The first-order chi connectivity index (χ1) is 8.08. The van der Waals surface area contributed by atoms with E-state index in [2.05, 4.69) is 41.9 Å². The van der Waals surface area contributed by atoms with E-state index in [9.17, 15) is 0 Å². The van der Waals surface area contributed by atoms with E-state index in [1.54, 1.807) is 0 Å². The van der Waals surface area contributed by atoms with Gasteiger partial charge in [-0.25, -0.2) is 0 Å². The largest absolute Gasteiger partial charge is 0.118 e. The molecule has 1 aliphatic carbocycles. The maximum atomic E-state index is 6.60. The monoisotopic (exact) mass is 314 g/mol. The van der Waals surface area contributed by atoms with Crippen LogP contribution in [0.15, 0.2) is 16.6 Å². The summed E-state index contributed by atoms with van der Waals surface area (Å²) in [5.74, 6) is 0.848. The zero-order chi connectivity index (χ0) is 12.4. The van der Waals surface area contributed by atoms with E-state index in [-0.39, 0.29) is 5.38 Å². The van der Waals surface area contributed by atoms with Crippen LogP contribution in [-0.2, 0) is 0 Å². The molecule has 94 valence electrons. The molecule has 0 heterocycles. The molecule has 2 heteroatoms. The summed E-state index contributed by atoms with van der Waals surface area (Å²) in [7, 11) is 0. The van der Waals surface area contributed by atoms with Crippen LogP contribution in [0.25, 0.3) is 0 Å². The van der Waals surface area contributed by atoms with Gasteiger partial charge in [0.15, 0.2) is 0 Å². The zero-order valence-electron chi connectivity index (χ0n) is 10.6. The number of alkyl halides is 1. The lowest BCUT2D eigenvalue weighted by molar-refractivity contribution is 0.495. The molecule has 0 saturated heterocycles. The van der Waals surface area contributed by atoms with Crippen LogP contribution in [0.5, 0.6) is 0 Å². The average molecular weight is 316 g/mol. The van der Waals surface area contributed by atoms with Crippen molar-refractivity contribution >= 4 is 27.5 Å². The van der Waals surface area contributed by atoms with Gasteiger partial charge in [-0.1, -0.05) is 47.7 Å². The van der Waals surface area contributed by atoms with Gasteiger partial charge in [0, 0.05) is 4.47 Å². The fourth-order valence-electron chi connectivity index (χ4n) is 2.81. The Balaban J connectivity index is 2.12. The number of hydrogen-bond acceptors (Lipinski definition) is 0. The van der Waals surface area contributed by atoms with Crippen LogP contribution in [0.1, 0.15) is 54.2 Å². The lowest BCUT2D eigenvalue weighted by atomic mass is 9.94. The Morgan fingerprint density at radius 1 is 1.24 bits per heavy atom. The first-order valence-corrected chi connectivity index (χ1v) is 7.71. The van der Waals surface area contributed by atoms with Crippen molar-refractivity contribution in [1.29, 1.82) is 0 Å². The molecule has 1 aromatic carbocycles. The fourth-order valence-corrected chi connectivity index (χ4v) is 3.75. The summed E-state index contributed by atoms with van der Waals surface area (Å²) in [5, 5.41) is 0.185. The van der Waals surface area contributed by atoms with Gasteiger partial charge in [-0.2, -0.15) is 0 Å². The molecule has 17 heavy (non-hydrogen) atoms. The third kappa shape index (κ3) is 3.26. The Kier molecular flexibility index (Phi) is 4.54. The number of hydrogen-bond donors (Lipinski definition) is 0. The van der Waals surface area contributed by atoms with Gasteiger partial charge < -0.3 is 0 Å². The van der Waals surface area contributed by atoms with Crippen molar-refractivity contribution in [2.45, 2.75) is 51.3 Å². The highest BCUT2D eigenvalue weighted by Gasteiger charge is 2.21. The Morgan fingerprint density at radius 2 is 1.88 bits per heavy atom. The molecule has 0 aliphatic heterocycles. The minimum Gasteiger partial charge on any atom is -0.118 e. The Bertz CT molecular complexity index is 394. The van der Waals surface area contributed by atoms with E-state index in [0.29, 0.717) is 0 Å². The van der Waals surface area contributed by atoms with Crippen LogP contribution >= 0.6 is 27.5 Å². The molecule has 1 atom stereocenters. The van der Waals surface area contributed by atoms with Gasteiger partial charge in [0.2, 0.25) is 0 Å². The lowest BCUT2D eigenvalue weighted by Gasteiger charge is -2.18. The molecule has 1 saturated carbocycles. The van der Waals surface area contributed by atoms with Crippen molar-refractivity contribution in [2.24, 2.45) is 5.92 Å². The second kappa shape index (κ2) is 5.75. The van der Waals surface area contributed by atoms with Crippen LogP contribution < -0.4 is 0 Å². The van der Waals surface area contributed by atoms with Gasteiger partial charge in [-0.15, -0.1) is 11.6 Å². The summed E-state index contributed by atoms with van der Waals surface area (Å²) in [4.78, 5) is 0. The fraction of sp³-hybridized carbons (Fsp3) is 0.600. The molecule has 0 spiro atoms. The number of halogens is 2. The number of aryl methyl sites for hydroxylation is 2. The summed E-state index contributed by atoms with van der Waals surface area (Å²) in [5.41, 5.74) is 3.91. The second-order valence-electron chi connectivity index (χ2n) is 5.31. The van der Waals surface area contributed by atoms with E-state index in [0.717, 1.165) is 12.3 Å². The third-order valence-corrected chi connectivity index (χ3v) is 5.17. The first kappa shape index (κ1) is 13.4. The molecule has 0 aromatic heterocycles. The van der Waals surface area contributed by atoms with E-state index >= 15 is 0 Å². The minimum atomic E-state index is 0.185. The summed E-state index contributed by atoms with van der Waals surface area (Å²) in [6.07, 6.45) is 6.68. The minimum absolute atomic E-state index is 0.185.